The average Bonchev–Trinajstić information content (AvgIpc) is 2.28. The molecule has 2 aliphatic rings. The van der Waals surface area contributed by atoms with Gasteiger partial charge in [0.2, 0.25) is 0 Å². The Morgan fingerprint density at radius 2 is 2.11 bits per heavy atom. The van der Waals surface area contributed by atoms with Gasteiger partial charge in [0.1, 0.15) is 5.82 Å². The molecule has 0 spiro atoms. The number of nitrogens with zero attached hydrogens (tertiary/aromatic N) is 1. The van der Waals surface area contributed by atoms with Gasteiger partial charge in [-0.25, -0.2) is 4.39 Å². The first-order valence-corrected chi connectivity index (χ1v) is 7.06. The van der Waals surface area contributed by atoms with Crippen LogP contribution in [0.15, 0.2) is 29.3 Å². The number of nitrogens with two attached hydrogens (primary N) is 1. The lowest BCUT2D eigenvalue weighted by molar-refractivity contribution is 0.321. The van der Waals surface area contributed by atoms with Crippen molar-refractivity contribution in [2.75, 3.05) is 0 Å². The van der Waals surface area contributed by atoms with E-state index < -0.39 is 0 Å². The molecule has 3 N–H and O–H groups in total. The molecule has 19 heavy (non-hydrogen) atoms. The first-order chi connectivity index (χ1) is 9.20. The van der Waals surface area contributed by atoms with Gasteiger partial charge in [-0.2, -0.15) is 0 Å². The second-order valence-electron chi connectivity index (χ2n) is 5.66. The number of hydrogen-bond acceptors (Lipinski definition) is 1. The SMILES string of the molecule is NC(=NC1CCC1)NC1CC(c2cccc(F)c2)C1. The number of rotatable bonds is 3. The summed E-state index contributed by atoms with van der Waals surface area (Å²) < 4.78 is 13.1. The fourth-order valence-corrected chi connectivity index (χ4v) is 2.73. The van der Waals surface area contributed by atoms with Gasteiger partial charge in [-0.05, 0) is 55.7 Å². The van der Waals surface area contributed by atoms with Gasteiger partial charge in [-0.1, -0.05) is 12.1 Å². The van der Waals surface area contributed by atoms with E-state index in [9.17, 15) is 4.39 Å². The quantitative estimate of drug-likeness (QED) is 0.649. The molecule has 0 unspecified atom stereocenters. The lowest BCUT2D eigenvalue weighted by Crippen LogP contribution is -2.47. The third kappa shape index (κ3) is 2.88. The Kier molecular flexibility index (Phi) is 3.40. The molecule has 1 aromatic rings. The molecule has 102 valence electrons. The second-order valence-corrected chi connectivity index (χ2v) is 5.66. The van der Waals surface area contributed by atoms with Gasteiger partial charge in [0, 0.05) is 6.04 Å². The molecule has 2 fully saturated rings. The van der Waals surface area contributed by atoms with Crippen LogP contribution in [-0.4, -0.2) is 18.0 Å². The van der Waals surface area contributed by atoms with E-state index >= 15 is 0 Å². The Hall–Kier alpha value is -1.58. The van der Waals surface area contributed by atoms with E-state index in [2.05, 4.69) is 10.3 Å². The second kappa shape index (κ2) is 5.19. The van der Waals surface area contributed by atoms with Crippen LogP contribution < -0.4 is 11.1 Å². The van der Waals surface area contributed by atoms with Gasteiger partial charge in [-0.3, -0.25) is 4.99 Å². The molecule has 0 aliphatic heterocycles. The predicted molar refractivity (Wildman–Crippen MR) is 74.6 cm³/mol. The zero-order chi connectivity index (χ0) is 13.2. The van der Waals surface area contributed by atoms with Crippen molar-refractivity contribution >= 4 is 5.96 Å². The van der Waals surface area contributed by atoms with E-state index in [0.29, 0.717) is 24.0 Å². The summed E-state index contributed by atoms with van der Waals surface area (Å²) in [6, 6.07) is 7.71. The van der Waals surface area contributed by atoms with Crippen molar-refractivity contribution in [2.24, 2.45) is 10.7 Å². The van der Waals surface area contributed by atoms with Crippen LogP contribution in [0.3, 0.4) is 0 Å². The molecule has 3 nitrogen and oxygen atoms in total. The van der Waals surface area contributed by atoms with Gasteiger partial charge in [0.25, 0.3) is 0 Å². The molecule has 0 atom stereocenters. The van der Waals surface area contributed by atoms with E-state index in [4.69, 9.17) is 5.73 Å². The van der Waals surface area contributed by atoms with Gasteiger partial charge < -0.3 is 11.1 Å². The first kappa shape index (κ1) is 12.5. The van der Waals surface area contributed by atoms with E-state index in [1.807, 2.05) is 6.07 Å². The summed E-state index contributed by atoms with van der Waals surface area (Å²) in [7, 11) is 0. The van der Waals surface area contributed by atoms with Crippen LogP contribution in [0.2, 0.25) is 0 Å². The molecule has 0 aromatic heterocycles. The van der Waals surface area contributed by atoms with E-state index in [1.165, 1.54) is 25.3 Å². The van der Waals surface area contributed by atoms with E-state index in [1.54, 1.807) is 12.1 Å². The smallest absolute Gasteiger partial charge is 0.189 e. The molecule has 0 bridgehead atoms. The van der Waals surface area contributed by atoms with Crippen LogP contribution >= 0.6 is 0 Å². The molecule has 1 aromatic carbocycles. The maximum atomic E-state index is 13.1. The number of nitrogens with one attached hydrogen (secondary N) is 1. The molecule has 0 heterocycles. The maximum Gasteiger partial charge on any atom is 0.189 e. The first-order valence-electron chi connectivity index (χ1n) is 7.06. The van der Waals surface area contributed by atoms with Crippen molar-refractivity contribution in [3.8, 4) is 0 Å². The summed E-state index contributed by atoms with van der Waals surface area (Å²) >= 11 is 0. The van der Waals surface area contributed by atoms with Crippen LogP contribution in [0, 0.1) is 5.82 Å². The summed E-state index contributed by atoms with van der Waals surface area (Å²) in [4.78, 5) is 4.44. The van der Waals surface area contributed by atoms with E-state index in [-0.39, 0.29) is 5.82 Å². The number of halogens is 1. The Morgan fingerprint density at radius 3 is 2.74 bits per heavy atom. The van der Waals surface area contributed by atoms with Crippen molar-refractivity contribution in [1.82, 2.24) is 5.32 Å². The lowest BCUT2D eigenvalue weighted by Gasteiger charge is -2.36. The van der Waals surface area contributed by atoms with Gasteiger partial charge in [0.05, 0.1) is 6.04 Å². The normalized spacial score (nSPS) is 27.5. The minimum atomic E-state index is -0.153. The lowest BCUT2D eigenvalue weighted by atomic mass is 9.76. The fourth-order valence-electron chi connectivity index (χ4n) is 2.73. The highest BCUT2D eigenvalue weighted by atomic mass is 19.1. The number of aliphatic imine (C=N–C) groups is 1. The monoisotopic (exact) mass is 261 g/mol. The minimum Gasteiger partial charge on any atom is -0.370 e. The molecule has 0 saturated heterocycles. The van der Waals surface area contributed by atoms with Crippen molar-refractivity contribution in [3.05, 3.63) is 35.6 Å². The van der Waals surface area contributed by atoms with Crippen LogP contribution in [-0.2, 0) is 0 Å². The number of hydrogen-bond donors (Lipinski definition) is 2. The van der Waals surface area contributed by atoms with Gasteiger partial charge in [0.15, 0.2) is 5.96 Å². The highest BCUT2D eigenvalue weighted by Gasteiger charge is 2.31. The van der Waals surface area contributed by atoms with Crippen molar-refractivity contribution in [3.63, 3.8) is 0 Å². The number of benzene rings is 1. The fraction of sp³-hybridized carbons (Fsp3) is 0.533. The highest BCUT2D eigenvalue weighted by molar-refractivity contribution is 5.78. The molecule has 0 radical (unpaired) electrons. The van der Waals surface area contributed by atoms with Crippen LogP contribution in [0.4, 0.5) is 4.39 Å². The average molecular weight is 261 g/mol. The summed E-state index contributed by atoms with van der Waals surface area (Å²) in [6.07, 6.45) is 5.61. The molecule has 2 aliphatic carbocycles. The number of guanidine groups is 1. The maximum absolute atomic E-state index is 13.1. The van der Waals surface area contributed by atoms with Crippen LogP contribution in [0.25, 0.3) is 0 Å². The highest BCUT2D eigenvalue weighted by Crippen LogP contribution is 2.36. The zero-order valence-electron chi connectivity index (χ0n) is 11.0. The van der Waals surface area contributed by atoms with Crippen LogP contribution in [0.5, 0.6) is 0 Å². The topological polar surface area (TPSA) is 50.4 Å². The van der Waals surface area contributed by atoms with Gasteiger partial charge in [-0.15, -0.1) is 0 Å². The van der Waals surface area contributed by atoms with Crippen LogP contribution in [0.1, 0.15) is 43.6 Å². The molecule has 4 heteroatoms. The summed E-state index contributed by atoms with van der Waals surface area (Å²) in [6.45, 7) is 0. The molecule has 2 saturated carbocycles. The standard InChI is InChI=1S/C15H20FN3/c16-12-4-1-3-10(7-12)11-8-14(9-11)19-15(17)18-13-5-2-6-13/h1,3-4,7,11,13-14H,2,5-6,8-9H2,(H3,17,18,19). The van der Waals surface area contributed by atoms with Crippen molar-refractivity contribution in [2.45, 2.75) is 50.1 Å². The van der Waals surface area contributed by atoms with Crippen molar-refractivity contribution < 1.29 is 4.39 Å². The molecular weight excluding hydrogens is 241 g/mol. The van der Waals surface area contributed by atoms with Gasteiger partial charge >= 0.3 is 0 Å². The minimum absolute atomic E-state index is 0.153. The zero-order valence-corrected chi connectivity index (χ0v) is 11.0. The summed E-state index contributed by atoms with van der Waals surface area (Å²) in [5, 5.41) is 3.26. The molecule has 0 amide bonds. The third-order valence-corrected chi connectivity index (χ3v) is 4.21. The predicted octanol–water partition coefficient (Wildman–Crippen LogP) is 2.53. The molecular formula is C15H20FN3. The molecule has 3 rings (SSSR count). The Bertz CT molecular complexity index is 476. The summed E-state index contributed by atoms with van der Waals surface area (Å²) in [5.74, 6) is 0.872. The largest absolute Gasteiger partial charge is 0.370 e. The Balaban J connectivity index is 1.48. The third-order valence-electron chi connectivity index (χ3n) is 4.21. The Labute approximate surface area is 113 Å². The summed E-state index contributed by atoms with van der Waals surface area (Å²) in [5.41, 5.74) is 6.97. The van der Waals surface area contributed by atoms with E-state index in [0.717, 1.165) is 18.4 Å². The van der Waals surface area contributed by atoms with Crippen molar-refractivity contribution in [1.29, 1.82) is 0 Å². The Morgan fingerprint density at radius 1 is 1.32 bits per heavy atom.